The summed E-state index contributed by atoms with van der Waals surface area (Å²) in [5.74, 6) is 1.96. The second-order valence-corrected chi connectivity index (χ2v) is 8.43. The lowest BCUT2D eigenvalue weighted by Crippen LogP contribution is -2.50. The fraction of sp³-hybridized carbons (Fsp3) is 0.565. The highest BCUT2D eigenvalue weighted by molar-refractivity contribution is 5.78. The molecule has 0 radical (unpaired) electrons. The Bertz CT molecular complexity index is 783. The van der Waals surface area contributed by atoms with Crippen LogP contribution >= 0.6 is 0 Å². The normalized spacial score (nSPS) is 21.9. The molecule has 6 heteroatoms. The molecule has 156 valence electrons. The number of pyridine rings is 1. The van der Waals surface area contributed by atoms with E-state index in [1.54, 1.807) is 0 Å². The van der Waals surface area contributed by atoms with Crippen LogP contribution in [-0.4, -0.2) is 52.9 Å². The third-order valence-electron chi connectivity index (χ3n) is 6.26. The van der Waals surface area contributed by atoms with Crippen LogP contribution in [0, 0.1) is 12.8 Å². The topological polar surface area (TPSA) is 61.6 Å². The molecule has 1 N–H and O–H groups in total. The van der Waals surface area contributed by atoms with Gasteiger partial charge in [-0.2, -0.15) is 0 Å². The minimum Gasteiger partial charge on any atom is -0.465 e. The van der Waals surface area contributed by atoms with Crippen molar-refractivity contribution in [1.29, 1.82) is 0 Å². The van der Waals surface area contributed by atoms with Gasteiger partial charge in [0.25, 0.3) is 0 Å². The van der Waals surface area contributed by atoms with Crippen LogP contribution in [0.25, 0.3) is 0 Å². The summed E-state index contributed by atoms with van der Waals surface area (Å²) in [6.07, 6.45) is 8.24. The van der Waals surface area contributed by atoms with Gasteiger partial charge in [0.05, 0.1) is 12.5 Å². The van der Waals surface area contributed by atoms with Crippen LogP contribution in [-0.2, 0) is 17.9 Å². The third kappa shape index (κ3) is 5.46. The molecule has 0 aliphatic carbocycles. The van der Waals surface area contributed by atoms with Gasteiger partial charge in [0.2, 0.25) is 5.91 Å². The first-order chi connectivity index (χ1) is 14.2. The number of amides is 1. The molecule has 6 nitrogen and oxygen atoms in total. The molecule has 0 spiro atoms. The number of hydrogen-bond donors (Lipinski definition) is 1. The van der Waals surface area contributed by atoms with E-state index in [0.29, 0.717) is 12.6 Å². The molecule has 2 saturated heterocycles. The number of nitrogens with zero attached hydrogens (tertiary/aromatic N) is 3. The molecule has 4 rings (SSSR count). The smallest absolute Gasteiger partial charge is 0.224 e. The van der Waals surface area contributed by atoms with Crippen molar-refractivity contribution in [2.24, 2.45) is 5.92 Å². The fourth-order valence-electron chi connectivity index (χ4n) is 4.64. The maximum atomic E-state index is 12.7. The molecule has 0 unspecified atom stereocenters. The van der Waals surface area contributed by atoms with Crippen LogP contribution < -0.4 is 5.32 Å². The molecule has 1 amide bonds. The third-order valence-corrected chi connectivity index (χ3v) is 6.26. The molecule has 0 aromatic carbocycles. The quantitative estimate of drug-likeness (QED) is 0.813. The van der Waals surface area contributed by atoms with Crippen molar-refractivity contribution in [3.8, 4) is 0 Å². The maximum Gasteiger partial charge on any atom is 0.224 e. The Balaban J connectivity index is 1.23. The van der Waals surface area contributed by atoms with E-state index in [1.165, 1.54) is 18.4 Å². The SMILES string of the molecule is Cc1ccc(CNC(=O)[C@H]2CCCN(C3CCN(Cc4cccnc4)CC3)C2)o1. The average Bonchev–Trinajstić information content (AvgIpc) is 3.18. The van der Waals surface area contributed by atoms with Crippen molar-refractivity contribution in [3.05, 3.63) is 53.7 Å². The maximum absolute atomic E-state index is 12.7. The molecule has 2 aromatic heterocycles. The second kappa shape index (κ2) is 9.55. The zero-order valence-corrected chi connectivity index (χ0v) is 17.3. The van der Waals surface area contributed by atoms with Gasteiger partial charge < -0.3 is 9.73 Å². The Morgan fingerprint density at radius 2 is 2.07 bits per heavy atom. The predicted octanol–water partition coefficient (Wildman–Crippen LogP) is 2.98. The summed E-state index contributed by atoms with van der Waals surface area (Å²) in [7, 11) is 0. The molecule has 0 saturated carbocycles. The van der Waals surface area contributed by atoms with E-state index < -0.39 is 0 Å². The second-order valence-electron chi connectivity index (χ2n) is 8.43. The number of nitrogens with one attached hydrogen (secondary N) is 1. The van der Waals surface area contributed by atoms with E-state index in [9.17, 15) is 4.79 Å². The van der Waals surface area contributed by atoms with Crippen molar-refractivity contribution >= 4 is 5.91 Å². The number of carbonyl (C=O) groups excluding carboxylic acids is 1. The van der Waals surface area contributed by atoms with Gasteiger partial charge in [-0.25, -0.2) is 0 Å². The van der Waals surface area contributed by atoms with E-state index in [0.717, 1.165) is 57.1 Å². The number of aromatic nitrogens is 1. The number of carbonyl (C=O) groups is 1. The number of furan rings is 1. The van der Waals surface area contributed by atoms with E-state index in [2.05, 4.69) is 26.2 Å². The van der Waals surface area contributed by atoms with Crippen LogP contribution in [0.15, 0.2) is 41.1 Å². The Morgan fingerprint density at radius 1 is 1.21 bits per heavy atom. The van der Waals surface area contributed by atoms with E-state index >= 15 is 0 Å². The summed E-state index contributed by atoms with van der Waals surface area (Å²) in [6, 6.07) is 8.63. The molecule has 1 atom stereocenters. The molecule has 29 heavy (non-hydrogen) atoms. The number of hydrogen-bond acceptors (Lipinski definition) is 5. The molecule has 4 heterocycles. The van der Waals surface area contributed by atoms with Crippen LogP contribution in [0.3, 0.4) is 0 Å². The van der Waals surface area contributed by atoms with Crippen LogP contribution in [0.5, 0.6) is 0 Å². The highest BCUT2D eigenvalue weighted by Gasteiger charge is 2.31. The average molecular weight is 397 g/mol. The molecule has 2 aliphatic heterocycles. The molecule has 2 aromatic rings. The molecular weight excluding hydrogens is 364 g/mol. The first-order valence-electron chi connectivity index (χ1n) is 10.9. The van der Waals surface area contributed by atoms with Crippen LogP contribution in [0.4, 0.5) is 0 Å². The first-order valence-corrected chi connectivity index (χ1v) is 10.9. The van der Waals surface area contributed by atoms with Crippen molar-refractivity contribution in [3.63, 3.8) is 0 Å². The largest absolute Gasteiger partial charge is 0.465 e. The summed E-state index contributed by atoms with van der Waals surface area (Å²) in [6.45, 7) is 7.63. The van der Waals surface area contributed by atoms with Gasteiger partial charge in [-0.1, -0.05) is 6.07 Å². The number of aryl methyl sites for hydroxylation is 1. The van der Waals surface area contributed by atoms with Crippen LogP contribution in [0.2, 0.25) is 0 Å². The molecular formula is C23H32N4O2. The van der Waals surface area contributed by atoms with Gasteiger partial charge in [-0.15, -0.1) is 0 Å². The zero-order chi connectivity index (χ0) is 20.1. The van der Waals surface area contributed by atoms with E-state index in [4.69, 9.17) is 4.42 Å². The summed E-state index contributed by atoms with van der Waals surface area (Å²) in [5.41, 5.74) is 1.28. The minimum absolute atomic E-state index is 0.0910. The zero-order valence-electron chi connectivity index (χ0n) is 17.3. The predicted molar refractivity (Wildman–Crippen MR) is 112 cm³/mol. The highest BCUT2D eigenvalue weighted by atomic mass is 16.3. The lowest BCUT2D eigenvalue weighted by molar-refractivity contribution is -0.127. The summed E-state index contributed by atoms with van der Waals surface area (Å²) < 4.78 is 5.56. The van der Waals surface area contributed by atoms with Gasteiger partial charge >= 0.3 is 0 Å². The summed E-state index contributed by atoms with van der Waals surface area (Å²) in [5, 5.41) is 3.07. The lowest BCUT2D eigenvalue weighted by Gasteiger charge is -2.42. The van der Waals surface area contributed by atoms with Crippen LogP contribution in [0.1, 0.15) is 42.8 Å². The summed E-state index contributed by atoms with van der Waals surface area (Å²) >= 11 is 0. The van der Waals surface area contributed by atoms with Gasteiger partial charge in [-0.3, -0.25) is 19.6 Å². The fourth-order valence-corrected chi connectivity index (χ4v) is 4.64. The number of rotatable bonds is 6. The monoisotopic (exact) mass is 396 g/mol. The lowest BCUT2D eigenvalue weighted by atomic mass is 9.93. The van der Waals surface area contributed by atoms with Gasteiger partial charge in [0, 0.05) is 31.5 Å². The molecule has 2 fully saturated rings. The van der Waals surface area contributed by atoms with Gasteiger partial charge in [0.15, 0.2) is 0 Å². The Hall–Kier alpha value is -2.18. The molecule has 2 aliphatic rings. The van der Waals surface area contributed by atoms with Crippen molar-refractivity contribution < 1.29 is 9.21 Å². The highest BCUT2D eigenvalue weighted by Crippen LogP contribution is 2.25. The minimum atomic E-state index is 0.0910. The summed E-state index contributed by atoms with van der Waals surface area (Å²) in [4.78, 5) is 22.0. The first kappa shape index (κ1) is 20.1. The van der Waals surface area contributed by atoms with Crippen molar-refractivity contribution in [2.45, 2.75) is 51.7 Å². The standard InChI is InChI=1S/C23H32N4O2/c1-18-6-7-22(29-18)15-25-23(28)20-5-3-11-27(17-20)21-8-12-26(13-9-21)16-19-4-2-10-24-14-19/h2,4,6-7,10,14,20-21H,3,5,8-9,11-13,15-17H2,1H3,(H,25,28)/t20-/m0/s1. The van der Waals surface area contributed by atoms with Gasteiger partial charge in [-0.05, 0) is 76.0 Å². The van der Waals surface area contributed by atoms with Crippen molar-refractivity contribution in [2.75, 3.05) is 26.2 Å². The number of piperidine rings is 2. The van der Waals surface area contributed by atoms with E-state index in [-0.39, 0.29) is 11.8 Å². The Morgan fingerprint density at radius 3 is 2.79 bits per heavy atom. The van der Waals surface area contributed by atoms with Gasteiger partial charge in [0.1, 0.15) is 11.5 Å². The number of likely N-dealkylation sites (tertiary alicyclic amines) is 2. The Labute approximate surface area is 173 Å². The van der Waals surface area contributed by atoms with Crippen molar-refractivity contribution in [1.82, 2.24) is 20.1 Å². The Kier molecular flexibility index (Phi) is 6.62. The van der Waals surface area contributed by atoms with E-state index in [1.807, 2.05) is 37.5 Å². The molecule has 0 bridgehead atoms.